The van der Waals surface area contributed by atoms with Crippen molar-refractivity contribution in [2.24, 2.45) is 0 Å². The number of hydrogen-bond donors (Lipinski definition) is 1. The first kappa shape index (κ1) is 14.4. The molecule has 0 bridgehead atoms. The topological polar surface area (TPSA) is 64.4 Å². The minimum absolute atomic E-state index is 0.0500. The largest absolute Gasteiger partial charge is 0.522 e. The van der Waals surface area contributed by atoms with Crippen molar-refractivity contribution < 1.29 is 22.8 Å². The smallest absolute Gasteiger partial charge is 0.310 e. The van der Waals surface area contributed by atoms with Gasteiger partial charge >= 0.3 is 6.36 Å². The number of alkyl halides is 3. The van der Waals surface area contributed by atoms with E-state index in [1.54, 1.807) is 6.07 Å². The van der Waals surface area contributed by atoms with Crippen LogP contribution in [0.3, 0.4) is 0 Å². The molecule has 0 radical (unpaired) electrons. The summed E-state index contributed by atoms with van der Waals surface area (Å²) in [6.45, 7) is -0.478. The monoisotopic (exact) mass is 264 g/mol. The van der Waals surface area contributed by atoms with E-state index in [-0.39, 0.29) is 18.8 Å². The van der Waals surface area contributed by atoms with Crippen molar-refractivity contribution in [1.82, 2.24) is 5.32 Å². The third kappa shape index (κ3) is 5.11. The van der Waals surface area contributed by atoms with Crippen LogP contribution in [0.2, 0.25) is 0 Å². The highest BCUT2D eigenvalue weighted by molar-refractivity contribution is 5.39. The van der Waals surface area contributed by atoms with Crippen LogP contribution in [0.15, 0.2) is 24.3 Å². The maximum absolute atomic E-state index is 11.6. The summed E-state index contributed by atoms with van der Waals surface area (Å²) in [6, 6.07) is 6.02. The van der Waals surface area contributed by atoms with Crippen LogP contribution in [0.1, 0.15) is 5.56 Å². The second kappa shape index (κ2) is 6.31. The van der Waals surface area contributed by atoms with Crippen molar-refractivity contribution in [3.8, 4) is 0 Å². The summed E-state index contributed by atoms with van der Waals surface area (Å²) >= 11 is 0. The van der Waals surface area contributed by atoms with E-state index in [1.807, 2.05) is 0 Å². The van der Waals surface area contributed by atoms with Crippen LogP contribution in [0, 0.1) is 10.1 Å². The average Bonchev–Trinajstić information content (AvgIpc) is 2.27. The van der Waals surface area contributed by atoms with E-state index in [9.17, 15) is 23.3 Å². The van der Waals surface area contributed by atoms with E-state index >= 15 is 0 Å². The highest BCUT2D eigenvalue weighted by atomic mass is 19.4. The molecule has 100 valence electrons. The van der Waals surface area contributed by atoms with Crippen molar-refractivity contribution in [3.05, 3.63) is 39.9 Å². The second-order valence-electron chi connectivity index (χ2n) is 3.36. The number of ether oxygens (including phenoxy) is 1. The van der Waals surface area contributed by atoms with Gasteiger partial charge < -0.3 is 5.32 Å². The number of rotatable bonds is 6. The van der Waals surface area contributed by atoms with Crippen LogP contribution in [0.5, 0.6) is 0 Å². The Kier molecular flexibility index (Phi) is 5.05. The molecule has 0 unspecified atom stereocenters. The second-order valence-corrected chi connectivity index (χ2v) is 3.36. The van der Waals surface area contributed by atoms with Crippen LogP contribution in [0.25, 0.3) is 0 Å². The molecule has 0 aromatic heterocycles. The molecule has 0 aliphatic carbocycles. The third-order valence-corrected chi connectivity index (χ3v) is 2.05. The Morgan fingerprint density at radius 1 is 1.33 bits per heavy atom. The molecule has 1 N–H and O–H groups in total. The molecular formula is C10H11F3N2O3. The van der Waals surface area contributed by atoms with Crippen LogP contribution in [-0.4, -0.2) is 24.4 Å². The van der Waals surface area contributed by atoms with Gasteiger partial charge in [-0.15, -0.1) is 13.2 Å². The van der Waals surface area contributed by atoms with Crippen molar-refractivity contribution in [1.29, 1.82) is 0 Å². The predicted octanol–water partition coefficient (Wildman–Crippen LogP) is 2.22. The summed E-state index contributed by atoms with van der Waals surface area (Å²) in [5, 5.41) is 13.3. The number of nitrogens with zero attached hydrogens (tertiary/aromatic N) is 1. The quantitative estimate of drug-likeness (QED) is 0.486. The van der Waals surface area contributed by atoms with Crippen LogP contribution >= 0.6 is 0 Å². The molecule has 5 nitrogen and oxygen atoms in total. The molecule has 0 heterocycles. The standard InChI is InChI=1S/C10H11F3N2O3/c11-10(12,13)18-6-5-14-7-8-3-1-2-4-9(8)15(16)17/h1-4,14H,5-7H2. The van der Waals surface area contributed by atoms with Gasteiger partial charge in [-0.05, 0) is 0 Å². The maximum atomic E-state index is 11.6. The van der Waals surface area contributed by atoms with E-state index in [2.05, 4.69) is 10.1 Å². The first-order valence-corrected chi connectivity index (χ1v) is 5.04. The fourth-order valence-electron chi connectivity index (χ4n) is 1.30. The minimum Gasteiger partial charge on any atom is -0.310 e. The summed E-state index contributed by atoms with van der Waals surface area (Å²) in [4.78, 5) is 10.1. The molecule has 1 aromatic carbocycles. The lowest BCUT2D eigenvalue weighted by Crippen LogP contribution is -2.24. The fraction of sp³-hybridized carbons (Fsp3) is 0.400. The Balaban J connectivity index is 2.38. The average molecular weight is 264 g/mol. The molecule has 18 heavy (non-hydrogen) atoms. The number of nitro groups is 1. The van der Waals surface area contributed by atoms with Gasteiger partial charge in [-0.1, -0.05) is 18.2 Å². The summed E-state index contributed by atoms with van der Waals surface area (Å²) in [5.74, 6) is 0. The normalized spacial score (nSPS) is 11.5. The van der Waals surface area contributed by atoms with Gasteiger partial charge in [0.05, 0.1) is 11.5 Å². The van der Waals surface area contributed by atoms with E-state index in [0.29, 0.717) is 5.56 Å². The Morgan fingerprint density at radius 3 is 2.61 bits per heavy atom. The molecular weight excluding hydrogens is 253 g/mol. The first-order chi connectivity index (χ1) is 8.40. The fourth-order valence-corrected chi connectivity index (χ4v) is 1.30. The number of hydrogen-bond acceptors (Lipinski definition) is 4. The third-order valence-electron chi connectivity index (χ3n) is 2.05. The van der Waals surface area contributed by atoms with Crippen LogP contribution < -0.4 is 5.32 Å². The van der Waals surface area contributed by atoms with E-state index < -0.39 is 17.9 Å². The summed E-state index contributed by atoms with van der Waals surface area (Å²) in [6.07, 6.45) is -4.65. The zero-order chi connectivity index (χ0) is 13.6. The van der Waals surface area contributed by atoms with Crippen LogP contribution in [-0.2, 0) is 11.3 Å². The van der Waals surface area contributed by atoms with Gasteiger partial charge in [0.1, 0.15) is 0 Å². The Bertz CT molecular complexity index is 410. The molecule has 0 atom stereocenters. The molecule has 8 heteroatoms. The first-order valence-electron chi connectivity index (χ1n) is 5.04. The lowest BCUT2D eigenvalue weighted by atomic mass is 10.2. The van der Waals surface area contributed by atoms with Crippen molar-refractivity contribution in [3.63, 3.8) is 0 Å². The summed E-state index contributed by atoms with van der Waals surface area (Å²) in [5.41, 5.74) is 0.344. The molecule has 0 saturated carbocycles. The molecule has 0 aliphatic rings. The summed E-state index contributed by atoms with van der Waals surface area (Å²) in [7, 11) is 0. The molecule has 0 fully saturated rings. The highest BCUT2D eigenvalue weighted by Gasteiger charge is 2.28. The molecule has 0 aliphatic heterocycles. The van der Waals surface area contributed by atoms with Gasteiger partial charge in [0.25, 0.3) is 5.69 Å². The van der Waals surface area contributed by atoms with E-state index in [4.69, 9.17) is 0 Å². The van der Waals surface area contributed by atoms with Crippen molar-refractivity contribution in [2.75, 3.05) is 13.2 Å². The van der Waals surface area contributed by atoms with Crippen molar-refractivity contribution >= 4 is 5.69 Å². The number of nitro benzene ring substituents is 1. The van der Waals surface area contributed by atoms with Crippen LogP contribution in [0.4, 0.5) is 18.9 Å². The van der Waals surface area contributed by atoms with Gasteiger partial charge in [-0.25, -0.2) is 0 Å². The Hall–Kier alpha value is -1.67. The van der Waals surface area contributed by atoms with Gasteiger partial charge in [-0.2, -0.15) is 0 Å². The molecule has 0 amide bonds. The number of benzene rings is 1. The van der Waals surface area contributed by atoms with E-state index in [1.165, 1.54) is 18.2 Å². The maximum Gasteiger partial charge on any atom is 0.522 e. The lowest BCUT2D eigenvalue weighted by Gasteiger charge is -2.08. The zero-order valence-corrected chi connectivity index (χ0v) is 9.24. The van der Waals surface area contributed by atoms with Gasteiger partial charge in [-0.3, -0.25) is 14.9 Å². The van der Waals surface area contributed by atoms with Gasteiger partial charge in [0.15, 0.2) is 0 Å². The number of nitrogens with one attached hydrogen (secondary N) is 1. The zero-order valence-electron chi connectivity index (χ0n) is 9.24. The molecule has 0 spiro atoms. The number of halogens is 3. The number of para-hydroxylation sites is 1. The Morgan fingerprint density at radius 2 is 2.00 bits per heavy atom. The van der Waals surface area contributed by atoms with Crippen molar-refractivity contribution in [2.45, 2.75) is 12.9 Å². The molecule has 1 aromatic rings. The van der Waals surface area contributed by atoms with Gasteiger partial charge in [0, 0.05) is 24.7 Å². The molecule has 0 saturated heterocycles. The molecule has 1 rings (SSSR count). The van der Waals surface area contributed by atoms with Gasteiger partial charge in [0.2, 0.25) is 0 Å². The highest BCUT2D eigenvalue weighted by Crippen LogP contribution is 2.17. The Labute approximate surface area is 101 Å². The predicted molar refractivity (Wildman–Crippen MR) is 56.8 cm³/mol. The van der Waals surface area contributed by atoms with E-state index in [0.717, 1.165) is 0 Å². The summed E-state index contributed by atoms with van der Waals surface area (Å²) < 4.78 is 38.5. The minimum atomic E-state index is -4.65. The SMILES string of the molecule is O=[N+]([O-])c1ccccc1CNCCOC(F)(F)F. The lowest BCUT2D eigenvalue weighted by molar-refractivity contribution is -0.385.